The van der Waals surface area contributed by atoms with E-state index < -0.39 is 18.0 Å². The van der Waals surface area contributed by atoms with Crippen molar-refractivity contribution in [3.8, 4) is 0 Å². The predicted octanol–water partition coefficient (Wildman–Crippen LogP) is 0.820. The van der Waals surface area contributed by atoms with E-state index >= 15 is 0 Å². The van der Waals surface area contributed by atoms with Crippen LogP contribution in [-0.2, 0) is 9.53 Å². The first-order valence-electron chi connectivity index (χ1n) is 5.72. The molecule has 0 aliphatic rings. The minimum atomic E-state index is -1.02. The first-order valence-corrected chi connectivity index (χ1v) is 5.72. The third-order valence-electron chi connectivity index (χ3n) is 2.72. The fraction of sp³-hybridized carbons (Fsp3) is 0.818. The summed E-state index contributed by atoms with van der Waals surface area (Å²) in [5.74, 6) is -1.13. The van der Waals surface area contributed by atoms with E-state index in [2.05, 4.69) is 10.6 Å². The van der Waals surface area contributed by atoms with Crippen molar-refractivity contribution in [2.45, 2.75) is 39.3 Å². The first-order chi connectivity index (χ1) is 7.92. The molecule has 0 rings (SSSR count). The summed E-state index contributed by atoms with van der Waals surface area (Å²) in [4.78, 5) is 22.4. The number of carboxylic acid groups (broad SMARTS) is 1. The zero-order valence-electron chi connectivity index (χ0n) is 10.8. The second-order valence-electron chi connectivity index (χ2n) is 4.10. The van der Waals surface area contributed by atoms with Gasteiger partial charge in [0.15, 0.2) is 0 Å². The quantitative estimate of drug-likeness (QED) is 0.620. The third-order valence-corrected chi connectivity index (χ3v) is 2.72. The summed E-state index contributed by atoms with van der Waals surface area (Å²) in [5, 5.41) is 14.0. The van der Waals surface area contributed by atoms with E-state index in [0.717, 1.165) is 0 Å². The molecular weight excluding hydrogens is 224 g/mol. The molecule has 0 bridgehead atoms. The molecule has 0 aromatic heterocycles. The summed E-state index contributed by atoms with van der Waals surface area (Å²) in [7, 11) is 1.55. The molecule has 0 aromatic carbocycles. The molecule has 0 aliphatic carbocycles. The van der Waals surface area contributed by atoms with Crippen LogP contribution in [0.1, 0.15) is 27.2 Å². The molecule has 0 saturated heterocycles. The number of methoxy groups -OCH3 is 1. The summed E-state index contributed by atoms with van der Waals surface area (Å²) in [6.45, 7) is 5.82. The molecule has 0 spiro atoms. The molecule has 6 nitrogen and oxygen atoms in total. The number of carboxylic acids is 1. The topological polar surface area (TPSA) is 87.7 Å². The summed E-state index contributed by atoms with van der Waals surface area (Å²) in [6, 6.07) is -1.35. The van der Waals surface area contributed by atoms with Gasteiger partial charge in [-0.15, -0.1) is 0 Å². The number of aliphatic carboxylic acids is 1. The molecule has 17 heavy (non-hydrogen) atoms. The van der Waals surface area contributed by atoms with Crippen LogP contribution in [0.4, 0.5) is 4.79 Å². The van der Waals surface area contributed by atoms with E-state index in [1.54, 1.807) is 14.0 Å². The van der Waals surface area contributed by atoms with Crippen LogP contribution in [0, 0.1) is 5.92 Å². The Morgan fingerprint density at radius 2 is 1.94 bits per heavy atom. The fourth-order valence-corrected chi connectivity index (χ4v) is 1.20. The predicted molar refractivity (Wildman–Crippen MR) is 63.9 cm³/mol. The van der Waals surface area contributed by atoms with Crippen LogP contribution >= 0.6 is 0 Å². The second-order valence-corrected chi connectivity index (χ2v) is 4.10. The van der Waals surface area contributed by atoms with Crippen LogP contribution in [0.5, 0.6) is 0 Å². The number of hydrogen-bond donors (Lipinski definition) is 3. The van der Waals surface area contributed by atoms with Gasteiger partial charge < -0.3 is 20.5 Å². The van der Waals surface area contributed by atoms with Crippen LogP contribution in [-0.4, -0.2) is 42.9 Å². The molecule has 0 heterocycles. The van der Waals surface area contributed by atoms with Crippen molar-refractivity contribution in [1.29, 1.82) is 0 Å². The van der Waals surface area contributed by atoms with Gasteiger partial charge in [-0.3, -0.25) is 0 Å². The Kier molecular flexibility index (Phi) is 7.29. The van der Waals surface area contributed by atoms with Crippen LogP contribution in [0.3, 0.4) is 0 Å². The Bertz CT molecular complexity index is 258. The van der Waals surface area contributed by atoms with E-state index in [-0.39, 0.29) is 12.0 Å². The first kappa shape index (κ1) is 15.7. The number of urea groups is 1. The number of ether oxygens (including phenoxy) is 1. The number of carbonyl (C=O) groups is 2. The van der Waals surface area contributed by atoms with Crippen LogP contribution < -0.4 is 10.6 Å². The van der Waals surface area contributed by atoms with Crippen LogP contribution in [0.15, 0.2) is 0 Å². The van der Waals surface area contributed by atoms with Gasteiger partial charge in [-0.1, -0.05) is 20.3 Å². The van der Waals surface area contributed by atoms with Gasteiger partial charge in [0.25, 0.3) is 0 Å². The van der Waals surface area contributed by atoms with E-state index in [0.29, 0.717) is 13.0 Å². The van der Waals surface area contributed by atoms with Gasteiger partial charge in [0.2, 0.25) is 0 Å². The largest absolute Gasteiger partial charge is 0.480 e. The van der Waals surface area contributed by atoms with E-state index in [4.69, 9.17) is 9.84 Å². The van der Waals surface area contributed by atoms with Gasteiger partial charge in [-0.25, -0.2) is 9.59 Å². The smallest absolute Gasteiger partial charge is 0.326 e. The van der Waals surface area contributed by atoms with E-state index in [9.17, 15) is 9.59 Å². The van der Waals surface area contributed by atoms with Crippen LogP contribution in [0.2, 0.25) is 0 Å². The molecule has 2 amide bonds. The molecule has 0 aliphatic heterocycles. The molecule has 100 valence electrons. The Hall–Kier alpha value is -1.30. The lowest BCUT2D eigenvalue weighted by Crippen LogP contribution is -2.50. The Morgan fingerprint density at radius 3 is 2.35 bits per heavy atom. The fourth-order valence-electron chi connectivity index (χ4n) is 1.20. The molecule has 0 fully saturated rings. The maximum absolute atomic E-state index is 11.5. The molecule has 1 unspecified atom stereocenters. The van der Waals surface area contributed by atoms with Crippen molar-refractivity contribution >= 4 is 12.0 Å². The monoisotopic (exact) mass is 246 g/mol. The highest BCUT2D eigenvalue weighted by atomic mass is 16.5. The highest BCUT2D eigenvalue weighted by Crippen LogP contribution is 2.07. The summed E-state index contributed by atoms with van der Waals surface area (Å²) in [6.07, 6.45) is 0.582. The van der Waals surface area contributed by atoms with Crippen molar-refractivity contribution in [1.82, 2.24) is 10.6 Å². The van der Waals surface area contributed by atoms with E-state index in [1.807, 2.05) is 13.8 Å². The van der Waals surface area contributed by atoms with E-state index in [1.165, 1.54) is 0 Å². The summed E-state index contributed by atoms with van der Waals surface area (Å²) < 4.78 is 4.96. The minimum Gasteiger partial charge on any atom is -0.480 e. The van der Waals surface area contributed by atoms with Crippen molar-refractivity contribution in [3.63, 3.8) is 0 Å². The molecule has 3 atom stereocenters. The SMILES string of the molecule is CC[C@H](C)[C@H](NC(=O)NCC(C)OC)C(=O)O. The average Bonchev–Trinajstić information content (AvgIpc) is 2.31. The Balaban J connectivity index is 4.18. The summed E-state index contributed by atoms with van der Waals surface area (Å²) in [5.41, 5.74) is 0. The summed E-state index contributed by atoms with van der Waals surface area (Å²) >= 11 is 0. The molecular formula is C11H22N2O4. The lowest BCUT2D eigenvalue weighted by Gasteiger charge is -2.20. The van der Waals surface area contributed by atoms with Gasteiger partial charge in [-0.05, 0) is 12.8 Å². The molecule has 0 saturated carbocycles. The van der Waals surface area contributed by atoms with Crippen molar-refractivity contribution in [2.75, 3.05) is 13.7 Å². The highest BCUT2D eigenvalue weighted by Gasteiger charge is 2.25. The normalized spacial score (nSPS) is 15.8. The number of nitrogens with one attached hydrogen (secondary N) is 2. The second kappa shape index (κ2) is 7.89. The van der Waals surface area contributed by atoms with Crippen LogP contribution in [0.25, 0.3) is 0 Å². The number of carbonyl (C=O) groups excluding carboxylic acids is 1. The third kappa shape index (κ3) is 6.11. The zero-order chi connectivity index (χ0) is 13.4. The molecule has 6 heteroatoms. The number of amides is 2. The number of rotatable bonds is 7. The standard InChI is InChI=1S/C11H22N2O4/c1-5-7(2)9(10(14)15)13-11(16)12-6-8(3)17-4/h7-9H,5-6H2,1-4H3,(H,14,15)(H2,12,13,16)/t7-,8?,9-/m0/s1. The molecule has 0 radical (unpaired) electrons. The van der Waals surface area contributed by atoms with Gasteiger partial charge in [0.05, 0.1) is 6.10 Å². The van der Waals surface area contributed by atoms with Gasteiger partial charge in [0.1, 0.15) is 6.04 Å². The highest BCUT2D eigenvalue weighted by molar-refractivity contribution is 5.82. The van der Waals surface area contributed by atoms with Crippen molar-refractivity contribution < 1.29 is 19.4 Å². The van der Waals surface area contributed by atoms with Crippen molar-refractivity contribution in [3.05, 3.63) is 0 Å². The average molecular weight is 246 g/mol. The maximum atomic E-state index is 11.5. The number of hydrogen-bond acceptors (Lipinski definition) is 3. The van der Waals surface area contributed by atoms with Gasteiger partial charge >= 0.3 is 12.0 Å². The molecule has 0 aromatic rings. The zero-order valence-corrected chi connectivity index (χ0v) is 10.8. The lowest BCUT2D eigenvalue weighted by atomic mass is 9.99. The van der Waals surface area contributed by atoms with Gasteiger partial charge in [0, 0.05) is 13.7 Å². The maximum Gasteiger partial charge on any atom is 0.326 e. The van der Waals surface area contributed by atoms with Crippen molar-refractivity contribution in [2.24, 2.45) is 5.92 Å². The minimum absolute atomic E-state index is 0.104. The van der Waals surface area contributed by atoms with Gasteiger partial charge in [-0.2, -0.15) is 0 Å². The Morgan fingerprint density at radius 1 is 1.35 bits per heavy atom. The molecule has 3 N–H and O–H groups in total. The Labute approximate surface area is 102 Å². The lowest BCUT2D eigenvalue weighted by molar-refractivity contribution is -0.140.